The molecule has 0 radical (unpaired) electrons. The van der Waals surface area contributed by atoms with Crippen molar-refractivity contribution in [2.45, 2.75) is 12.5 Å². The average molecular weight is 253 g/mol. The van der Waals surface area contributed by atoms with Gasteiger partial charge in [-0.1, -0.05) is 0 Å². The third kappa shape index (κ3) is 3.63. The zero-order chi connectivity index (χ0) is 13.7. The van der Waals surface area contributed by atoms with Crippen LogP contribution in [0.15, 0.2) is 18.2 Å². The molecule has 0 saturated heterocycles. The van der Waals surface area contributed by atoms with Gasteiger partial charge in [0.15, 0.2) is 0 Å². The number of rotatable bonds is 6. The van der Waals surface area contributed by atoms with Crippen molar-refractivity contribution in [2.24, 2.45) is 0 Å². The molecule has 1 atom stereocenters. The lowest BCUT2D eigenvalue weighted by Gasteiger charge is -2.24. The van der Waals surface area contributed by atoms with Crippen molar-refractivity contribution < 1.29 is 19.4 Å². The van der Waals surface area contributed by atoms with E-state index < -0.39 is 5.97 Å². The molecule has 0 bridgehead atoms. The molecular weight excluding hydrogens is 234 g/mol. The van der Waals surface area contributed by atoms with Gasteiger partial charge in [0.05, 0.1) is 20.6 Å². The maximum Gasteiger partial charge on any atom is 0.305 e. The second-order valence-corrected chi connectivity index (χ2v) is 4.22. The normalized spacial score (nSPS) is 12.3. The van der Waals surface area contributed by atoms with Crippen molar-refractivity contribution >= 4 is 5.97 Å². The molecule has 1 rings (SSSR count). The zero-order valence-electron chi connectivity index (χ0n) is 11.1. The summed E-state index contributed by atoms with van der Waals surface area (Å²) in [5.74, 6) is 0.471. The Kier molecular flexibility index (Phi) is 4.97. The van der Waals surface area contributed by atoms with Gasteiger partial charge in [-0.3, -0.25) is 4.79 Å². The van der Waals surface area contributed by atoms with Gasteiger partial charge in [-0.05, 0) is 31.8 Å². The van der Waals surface area contributed by atoms with Crippen LogP contribution < -0.4 is 9.47 Å². The summed E-state index contributed by atoms with van der Waals surface area (Å²) in [7, 11) is 6.83. The van der Waals surface area contributed by atoms with Gasteiger partial charge in [0.25, 0.3) is 0 Å². The summed E-state index contributed by atoms with van der Waals surface area (Å²) in [6, 6.07) is 5.20. The van der Waals surface area contributed by atoms with E-state index in [0.29, 0.717) is 11.5 Å². The number of aliphatic carboxylic acids is 1. The highest BCUT2D eigenvalue weighted by Crippen LogP contribution is 2.30. The topological polar surface area (TPSA) is 59.0 Å². The molecule has 0 heterocycles. The van der Waals surface area contributed by atoms with E-state index in [1.165, 1.54) is 0 Å². The molecule has 5 heteroatoms. The molecule has 0 spiro atoms. The minimum Gasteiger partial charge on any atom is -0.497 e. The van der Waals surface area contributed by atoms with Crippen LogP contribution in [0.5, 0.6) is 11.5 Å². The van der Waals surface area contributed by atoms with Crippen molar-refractivity contribution in [3.05, 3.63) is 23.8 Å². The predicted octanol–water partition coefficient (Wildman–Crippen LogP) is 1.78. The standard InChI is InChI=1S/C13H19NO4/c1-14(2)12(8-13(15)16)9-5-10(17-3)7-11(6-9)18-4/h5-7,12H,8H2,1-4H3,(H,15,16). The fourth-order valence-corrected chi connectivity index (χ4v) is 1.79. The second kappa shape index (κ2) is 6.26. The first-order valence-corrected chi connectivity index (χ1v) is 5.59. The Morgan fingerprint density at radius 1 is 1.22 bits per heavy atom. The van der Waals surface area contributed by atoms with E-state index in [-0.39, 0.29) is 12.5 Å². The van der Waals surface area contributed by atoms with E-state index in [1.807, 2.05) is 31.1 Å². The summed E-state index contributed by atoms with van der Waals surface area (Å²) in [4.78, 5) is 12.8. The number of benzene rings is 1. The van der Waals surface area contributed by atoms with Crippen LogP contribution in [0.4, 0.5) is 0 Å². The molecule has 0 amide bonds. The number of carboxylic acid groups (broad SMARTS) is 1. The van der Waals surface area contributed by atoms with Crippen LogP contribution in [0.3, 0.4) is 0 Å². The third-order valence-electron chi connectivity index (χ3n) is 2.75. The Hall–Kier alpha value is -1.75. The summed E-state index contributed by atoms with van der Waals surface area (Å²) in [6.07, 6.45) is 0.0311. The van der Waals surface area contributed by atoms with Gasteiger partial charge in [-0.25, -0.2) is 0 Å². The van der Waals surface area contributed by atoms with E-state index in [1.54, 1.807) is 20.3 Å². The Balaban J connectivity index is 3.13. The number of hydrogen-bond donors (Lipinski definition) is 1. The van der Waals surface area contributed by atoms with Crippen molar-refractivity contribution in [1.29, 1.82) is 0 Å². The van der Waals surface area contributed by atoms with Crippen molar-refractivity contribution in [1.82, 2.24) is 4.90 Å². The average Bonchev–Trinajstić information content (AvgIpc) is 2.34. The summed E-state index contributed by atoms with van der Waals surface area (Å²) < 4.78 is 10.4. The van der Waals surface area contributed by atoms with Crippen molar-refractivity contribution in [3.8, 4) is 11.5 Å². The molecule has 1 N–H and O–H groups in total. The Morgan fingerprint density at radius 2 is 1.72 bits per heavy atom. The zero-order valence-corrected chi connectivity index (χ0v) is 11.1. The first-order valence-electron chi connectivity index (χ1n) is 5.59. The van der Waals surface area contributed by atoms with Crippen molar-refractivity contribution in [2.75, 3.05) is 28.3 Å². The van der Waals surface area contributed by atoms with Gasteiger partial charge in [0, 0.05) is 12.1 Å². The van der Waals surface area contributed by atoms with Crippen LogP contribution >= 0.6 is 0 Å². The first kappa shape index (κ1) is 14.3. The fraction of sp³-hybridized carbons (Fsp3) is 0.462. The molecule has 1 aromatic carbocycles. The monoisotopic (exact) mass is 253 g/mol. The van der Waals surface area contributed by atoms with E-state index in [2.05, 4.69) is 0 Å². The van der Waals surface area contributed by atoms with Gasteiger partial charge in [-0.2, -0.15) is 0 Å². The van der Waals surface area contributed by atoms with Gasteiger partial charge >= 0.3 is 5.97 Å². The largest absolute Gasteiger partial charge is 0.497 e. The molecular formula is C13H19NO4. The number of nitrogens with zero attached hydrogens (tertiary/aromatic N) is 1. The highest BCUT2D eigenvalue weighted by atomic mass is 16.5. The maximum absolute atomic E-state index is 10.9. The number of hydrogen-bond acceptors (Lipinski definition) is 4. The predicted molar refractivity (Wildman–Crippen MR) is 68.2 cm³/mol. The van der Waals surface area contributed by atoms with Gasteiger partial charge in [0.2, 0.25) is 0 Å². The molecule has 0 aliphatic rings. The lowest BCUT2D eigenvalue weighted by molar-refractivity contribution is -0.138. The molecule has 1 unspecified atom stereocenters. The second-order valence-electron chi connectivity index (χ2n) is 4.22. The highest BCUT2D eigenvalue weighted by molar-refractivity contribution is 5.68. The third-order valence-corrected chi connectivity index (χ3v) is 2.75. The molecule has 0 fully saturated rings. The number of ether oxygens (including phenoxy) is 2. The van der Waals surface area contributed by atoms with E-state index >= 15 is 0 Å². The Bertz CT molecular complexity index is 395. The molecule has 1 aromatic rings. The summed E-state index contributed by atoms with van der Waals surface area (Å²) in [6.45, 7) is 0. The van der Waals surface area contributed by atoms with E-state index in [4.69, 9.17) is 14.6 Å². The molecule has 0 saturated carbocycles. The summed E-state index contributed by atoms with van der Waals surface area (Å²) in [5, 5.41) is 8.96. The van der Waals surface area contributed by atoms with Gasteiger partial charge < -0.3 is 19.5 Å². The number of methoxy groups -OCH3 is 2. The van der Waals surface area contributed by atoms with E-state index in [9.17, 15) is 4.79 Å². The van der Waals surface area contributed by atoms with Crippen LogP contribution in [0.2, 0.25) is 0 Å². The fourth-order valence-electron chi connectivity index (χ4n) is 1.79. The Labute approximate surface area is 107 Å². The van der Waals surface area contributed by atoms with Gasteiger partial charge in [0.1, 0.15) is 11.5 Å². The van der Waals surface area contributed by atoms with Crippen molar-refractivity contribution in [3.63, 3.8) is 0 Å². The molecule has 100 valence electrons. The quantitative estimate of drug-likeness (QED) is 0.837. The molecule has 0 aliphatic heterocycles. The highest BCUT2D eigenvalue weighted by Gasteiger charge is 2.19. The number of carbonyl (C=O) groups is 1. The van der Waals surface area contributed by atoms with Crippen LogP contribution in [-0.4, -0.2) is 44.3 Å². The van der Waals surface area contributed by atoms with E-state index in [0.717, 1.165) is 5.56 Å². The maximum atomic E-state index is 10.9. The van der Waals surface area contributed by atoms with Gasteiger partial charge in [-0.15, -0.1) is 0 Å². The summed E-state index contributed by atoms with van der Waals surface area (Å²) in [5.41, 5.74) is 0.860. The Morgan fingerprint density at radius 3 is 2.06 bits per heavy atom. The first-order chi connectivity index (χ1) is 8.47. The minimum atomic E-state index is -0.838. The SMILES string of the molecule is COc1cc(OC)cc(C(CC(=O)O)N(C)C)c1. The molecule has 0 aliphatic carbocycles. The smallest absolute Gasteiger partial charge is 0.305 e. The molecule has 18 heavy (non-hydrogen) atoms. The lowest BCUT2D eigenvalue weighted by atomic mass is 10.0. The molecule has 0 aromatic heterocycles. The van der Waals surface area contributed by atoms with Crippen LogP contribution in [0, 0.1) is 0 Å². The van der Waals surface area contributed by atoms with Crippen LogP contribution in [0.25, 0.3) is 0 Å². The van der Waals surface area contributed by atoms with Crippen LogP contribution in [-0.2, 0) is 4.79 Å². The lowest BCUT2D eigenvalue weighted by Crippen LogP contribution is -2.22. The van der Waals surface area contributed by atoms with Crippen LogP contribution in [0.1, 0.15) is 18.0 Å². The summed E-state index contributed by atoms with van der Waals surface area (Å²) >= 11 is 0. The molecule has 5 nitrogen and oxygen atoms in total. The minimum absolute atomic E-state index is 0.0311. The number of carboxylic acids is 1.